The fraction of sp³-hybridized carbons (Fsp3) is 0.700. The highest BCUT2D eigenvalue weighted by atomic mass is 32.2. The number of rotatable bonds is 8. The van der Waals surface area contributed by atoms with Crippen LogP contribution in [0.3, 0.4) is 0 Å². The van der Waals surface area contributed by atoms with Crippen LogP contribution in [-0.4, -0.2) is 50.2 Å². The van der Waals surface area contributed by atoms with Crippen LogP contribution in [0.4, 0.5) is 0 Å². The number of aryl methyl sites for hydroxylation is 1. The maximum atomic E-state index is 11.1. The van der Waals surface area contributed by atoms with Crippen molar-refractivity contribution >= 4 is 9.84 Å². The lowest BCUT2D eigenvalue weighted by molar-refractivity contribution is 0.199. The number of aromatic nitrogens is 2. The van der Waals surface area contributed by atoms with Crippen LogP contribution in [0.5, 0.6) is 0 Å². The van der Waals surface area contributed by atoms with Crippen molar-refractivity contribution in [1.29, 1.82) is 0 Å². The summed E-state index contributed by atoms with van der Waals surface area (Å²) in [6.07, 6.45) is 4.70. The molecule has 0 fully saturated rings. The zero-order chi connectivity index (χ0) is 12.7. The number of ether oxygens (including phenoxy) is 1. The highest BCUT2D eigenvalue weighted by Crippen LogP contribution is 1.98. The lowest BCUT2D eigenvalue weighted by Gasteiger charge is -2.08. The molecule has 0 spiro atoms. The summed E-state index contributed by atoms with van der Waals surface area (Å²) in [5.74, 6) is 0.971. The molecule has 0 unspecified atom stereocenters. The molecule has 0 amide bonds. The van der Waals surface area contributed by atoms with Gasteiger partial charge in [-0.05, 0) is 0 Å². The zero-order valence-corrected chi connectivity index (χ0v) is 11.0. The van der Waals surface area contributed by atoms with Crippen LogP contribution >= 0.6 is 0 Å². The summed E-state index contributed by atoms with van der Waals surface area (Å²) in [5, 5.41) is 3.17. The van der Waals surface area contributed by atoms with Crippen molar-refractivity contribution in [2.24, 2.45) is 0 Å². The maximum Gasteiger partial charge on any atom is 0.149 e. The highest BCUT2D eigenvalue weighted by Gasteiger charge is 2.06. The number of methoxy groups -OCH3 is 1. The van der Waals surface area contributed by atoms with Crippen molar-refractivity contribution in [2.45, 2.75) is 13.1 Å². The molecule has 6 nitrogen and oxygen atoms in total. The molecular formula is C10H19N3O3S. The molecule has 0 atom stereocenters. The third-order valence-electron chi connectivity index (χ3n) is 2.27. The summed E-state index contributed by atoms with van der Waals surface area (Å²) < 4.78 is 28.9. The van der Waals surface area contributed by atoms with Crippen LogP contribution in [0.15, 0.2) is 12.4 Å². The maximum absolute atomic E-state index is 11.1. The molecule has 0 aliphatic carbocycles. The van der Waals surface area contributed by atoms with Crippen LogP contribution < -0.4 is 5.32 Å². The van der Waals surface area contributed by atoms with E-state index in [4.69, 9.17) is 4.74 Å². The van der Waals surface area contributed by atoms with Gasteiger partial charge in [-0.25, -0.2) is 13.4 Å². The molecule has 1 aromatic heterocycles. The molecule has 0 saturated carbocycles. The van der Waals surface area contributed by atoms with Gasteiger partial charge in [0.25, 0.3) is 0 Å². The van der Waals surface area contributed by atoms with Crippen LogP contribution in [-0.2, 0) is 27.7 Å². The Hall–Kier alpha value is -0.920. The minimum absolute atomic E-state index is 0.133. The second kappa shape index (κ2) is 6.73. The molecule has 1 N–H and O–H groups in total. The number of nitrogens with one attached hydrogen (secondary N) is 1. The number of imidazole rings is 1. The summed E-state index contributed by atoms with van der Waals surface area (Å²) in [7, 11) is -1.29. The lowest BCUT2D eigenvalue weighted by atomic mass is 10.5. The first-order valence-electron chi connectivity index (χ1n) is 5.40. The average Bonchev–Trinajstić information content (AvgIpc) is 2.68. The first-order chi connectivity index (χ1) is 8.03. The van der Waals surface area contributed by atoms with Gasteiger partial charge in [0, 0.05) is 38.8 Å². The Morgan fingerprint density at radius 3 is 2.94 bits per heavy atom. The van der Waals surface area contributed by atoms with Crippen molar-refractivity contribution in [2.75, 3.05) is 32.3 Å². The molecule has 0 aromatic carbocycles. The van der Waals surface area contributed by atoms with E-state index in [0.717, 1.165) is 12.4 Å². The van der Waals surface area contributed by atoms with Gasteiger partial charge in [-0.3, -0.25) is 0 Å². The van der Waals surface area contributed by atoms with Crippen molar-refractivity contribution < 1.29 is 13.2 Å². The SMILES string of the molecule is COCCNCc1nccn1CCS(C)(=O)=O. The minimum atomic E-state index is -2.94. The topological polar surface area (TPSA) is 73.2 Å². The third kappa shape index (κ3) is 5.81. The first kappa shape index (κ1) is 14.1. The Labute approximate surface area is 102 Å². The largest absolute Gasteiger partial charge is 0.383 e. The van der Waals surface area contributed by atoms with Gasteiger partial charge in [0.2, 0.25) is 0 Å². The van der Waals surface area contributed by atoms with E-state index in [2.05, 4.69) is 10.3 Å². The molecule has 0 aliphatic rings. The fourth-order valence-electron chi connectivity index (χ4n) is 1.35. The first-order valence-corrected chi connectivity index (χ1v) is 7.46. The van der Waals surface area contributed by atoms with Gasteiger partial charge in [0.15, 0.2) is 0 Å². The number of hydrogen-bond acceptors (Lipinski definition) is 5. The normalized spacial score (nSPS) is 11.9. The van der Waals surface area contributed by atoms with Crippen LogP contribution in [0.1, 0.15) is 5.82 Å². The Bertz CT molecular complexity index is 428. The highest BCUT2D eigenvalue weighted by molar-refractivity contribution is 7.90. The Balaban J connectivity index is 2.43. The summed E-state index contributed by atoms with van der Waals surface area (Å²) in [6.45, 7) is 2.44. The van der Waals surface area contributed by atoms with E-state index in [-0.39, 0.29) is 5.75 Å². The second-order valence-electron chi connectivity index (χ2n) is 3.84. The second-order valence-corrected chi connectivity index (χ2v) is 6.10. The molecule has 0 radical (unpaired) electrons. The molecule has 7 heteroatoms. The molecular weight excluding hydrogens is 242 g/mol. The van der Waals surface area contributed by atoms with Gasteiger partial charge in [-0.2, -0.15) is 0 Å². The molecule has 1 aromatic rings. The van der Waals surface area contributed by atoms with Gasteiger partial charge >= 0.3 is 0 Å². The standard InChI is InChI=1S/C10H19N3O3S/c1-16-7-4-11-9-10-12-3-5-13(10)6-8-17(2,14)15/h3,5,11H,4,6-9H2,1-2H3. The van der Waals surface area contributed by atoms with Crippen molar-refractivity contribution in [3.8, 4) is 0 Å². The van der Waals surface area contributed by atoms with Crippen molar-refractivity contribution in [1.82, 2.24) is 14.9 Å². The predicted octanol–water partition coefficient (Wildman–Crippen LogP) is -0.336. The quantitative estimate of drug-likeness (QED) is 0.648. The van der Waals surface area contributed by atoms with E-state index in [1.807, 2.05) is 4.57 Å². The van der Waals surface area contributed by atoms with Crippen LogP contribution in [0.2, 0.25) is 0 Å². The molecule has 0 saturated heterocycles. The van der Waals surface area contributed by atoms with Gasteiger partial charge < -0.3 is 14.6 Å². The fourth-order valence-corrected chi connectivity index (χ4v) is 1.88. The Morgan fingerprint density at radius 1 is 1.53 bits per heavy atom. The molecule has 0 bridgehead atoms. The minimum Gasteiger partial charge on any atom is -0.383 e. The van der Waals surface area contributed by atoms with E-state index in [0.29, 0.717) is 19.7 Å². The molecule has 1 heterocycles. The summed E-state index contributed by atoms with van der Waals surface area (Å²) >= 11 is 0. The Morgan fingerprint density at radius 2 is 2.29 bits per heavy atom. The summed E-state index contributed by atoms with van der Waals surface area (Å²) in [6, 6.07) is 0. The predicted molar refractivity (Wildman–Crippen MR) is 65.5 cm³/mol. The smallest absolute Gasteiger partial charge is 0.149 e. The zero-order valence-electron chi connectivity index (χ0n) is 10.2. The third-order valence-corrected chi connectivity index (χ3v) is 3.19. The number of sulfone groups is 1. The van der Waals surface area contributed by atoms with Crippen molar-refractivity contribution in [3.63, 3.8) is 0 Å². The molecule has 1 rings (SSSR count). The molecule has 17 heavy (non-hydrogen) atoms. The molecule has 0 aliphatic heterocycles. The van der Waals surface area contributed by atoms with E-state index in [9.17, 15) is 8.42 Å². The van der Waals surface area contributed by atoms with Crippen LogP contribution in [0, 0.1) is 0 Å². The number of hydrogen-bond donors (Lipinski definition) is 1. The summed E-state index contributed by atoms with van der Waals surface area (Å²) in [5.41, 5.74) is 0. The van der Waals surface area contributed by atoms with Crippen LogP contribution in [0.25, 0.3) is 0 Å². The van der Waals surface area contributed by atoms with E-state index in [1.165, 1.54) is 6.26 Å². The van der Waals surface area contributed by atoms with Crippen molar-refractivity contribution in [3.05, 3.63) is 18.2 Å². The van der Waals surface area contributed by atoms with E-state index in [1.54, 1.807) is 19.5 Å². The average molecular weight is 261 g/mol. The lowest BCUT2D eigenvalue weighted by Crippen LogP contribution is -2.22. The monoisotopic (exact) mass is 261 g/mol. The van der Waals surface area contributed by atoms with E-state index < -0.39 is 9.84 Å². The Kier molecular flexibility index (Phi) is 5.60. The van der Waals surface area contributed by atoms with E-state index >= 15 is 0 Å². The molecule has 98 valence electrons. The van der Waals surface area contributed by atoms with Gasteiger partial charge in [0.1, 0.15) is 15.7 Å². The number of nitrogens with zero attached hydrogens (tertiary/aromatic N) is 2. The van der Waals surface area contributed by atoms with Gasteiger partial charge in [-0.15, -0.1) is 0 Å². The summed E-state index contributed by atoms with van der Waals surface area (Å²) in [4.78, 5) is 4.18. The van der Waals surface area contributed by atoms with Gasteiger partial charge in [-0.1, -0.05) is 0 Å². The van der Waals surface area contributed by atoms with Gasteiger partial charge in [0.05, 0.1) is 18.9 Å².